The number of amides is 1. The van der Waals surface area contributed by atoms with Crippen LogP contribution in [0.2, 0.25) is 0 Å². The SMILES string of the molecule is CCOCC(COCC)n1cc(-c2nc(CC(=O)NCC3CCOCC3)cs2)c(-c2ccc(F)cc2)n1. The smallest absolute Gasteiger partial charge is 0.226 e. The Labute approximate surface area is 221 Å². The van der Waals surface area contributed by atoms with Gasteiger partial charge in [-0.05, 0) is 56.9 Å². The van der Waals surface area contributed by atoms with Crippen molar-refractivity contribution >= 4 is 17.2 Å². The molecule has 0 unspecified atom stereocenters. The van der Waals surface area contributed by atoms with Crippen LogP contribution in [0.1, 0.15) is 38.4 Å². The van der Waals surface area contributed by atoms with Crippen molar-refractivity contribution in [2.24, 2.45) is 5.92 Å². The molecule has 1 aliphatic rings. The molecule has 1 saturated heterocycles. The molecule has 1 aromatic carbocycles. The zero-order chi connectivity index (χ0) is 26.0. The lowest BCUT2D eigenvalue weighted by Crippen LogP contribution is -2.33. The first-order chi connectivity index (χ1) is 18.1. The monoisotopic (exact) mass is 530 g/mol. The average molecular weight is 531 g/mol. The number of aromatic nitrogens is 3. The van der Waals surface area contributed by atoms with Gasteiger partial charge in [-0.2, -0.15) is 5.10 Å². The summed E-state index contributed by atoms with van der Waals surface area (Å²) in [4.78, 5) is 17.3. The Balaban J connectivity index is 1.54. The number of ether oxygens (including phenoxy) is 3. The Kier molecular flexibility index (Phi) is 10.2. The van der Waals surface area contributed by atoms with Crippen molar-refractivity contribution in [2.75, 3.05) is 46.2 Å². The van der Waals surface area contributed by atoms with E-state index in [1.54, 1.807) is 12.1 Å². The first-order valence-corrected chi connectivity index (χ1v) is 13.7. The van der Waals surface area contributed by atoms with E-state index in [4.69, 9.17) is 24.3 Å². The summed E-state index contributed by atoms with van der Waals surface area (Å²) in [6, 6.07) is 6.15. The minimum absolute atomic E-state index is 0.0358. The van der Waals surface area contributed by atoms with Crippen molar-refractivity contribution in [1.29, 1.82) is 0 Å². The molecule has 0 atom stereocenters. The number of hydrogen-bond donors (Lipinski definition) is 1. The fraction of sp³-hybridized carbons (Fsp3) is 0.519. The van der Waals surface area contributed by atoms with Crippen LogP contribution in [0.15, 0.2) is 35.8 Å². The molecule has 4 rings (SSSR count). The van der Waals surface area contributed by atoms with Gasteiger partial charge in [0.05, 0.1) is 36.9 Å². The largest absolute Gasteiger partial charge is 0.381 e. The standard InChI is InChI=1S/C27H35FN4O4S/c1-3-34-16-23(17-35-4-2)32-15-24(26(31-32)20-5-7-21(28)8-6-20)27-30-22(18-37-27)13-25(33)29-14-19-9-11-36-12-10-19/h5-8,15,18-19,23H,3-4,9-14,16-17H2,1-2H3,(H,29,33). The molecule has 8 nitrogen and oxygen atoms in total. The second kappa shape index (κ2) is 13.8. The molecule has 0 spiro atoms. The predicted molar refractivity (Wildman–Crippen MR) is 141 cm³/mol. The fourth-order valence-corrected chi connectivity index (χ4v) is 5.04. The third-order valence-electron chi connectivity index (χ3n) is 6.31. The third-order valence-corrected chi connectivity index (χ3v) is 7.23. The van der Waals surface area contributed by atoms with Crippen molar-refractivity contribution in [1.82, 2.24) is 20.1 Å². The van der Waals surface area contributed by atoms with Gasteiger partial charge in [-0.3, -0.25) is 9.48 Å². The van der Waals surface area contributed by atoms with Crippen molar-refractivity contribution in [2.45, 2.75) is 39.2 Å². The second-order valence-electron chi connectivity index (χ2n) is 9.03. The number of hydrogen-bond acceptors (Lipinski definition) is 7. The van der Waals surface area contributed by atoms with Crippen molar-refractivity contribution in [3.63, 3.8) is 0 Å². The van der Waals surface area contributed by atoms with Gasteiger partial charge in [-0.1, -0.05) is 0 Å². The number of carbonyl (C=O) groups is 1. The molecule has 1 aliphatic heterocycles. The lowest BCUT2D eigenvalue weighted by Gasteiger charge is -2.22. The average Bonchev–Trinajstić information content (AvgIpc) is 3.56. The highest BCUT2D eigenvalue weighted by molar-refractivity contribution is 7.13. The van der Waals surface area contributed by atoms with E-state index in [2.05, 4.69) is 5.32 Å². The number of nitrogens with one attached hydrogen (secondary N) is 1. The number of thiazole rings is 1. The van der Waals surface area contributed by atoms with Gasteiger partial charge in [0, 0.05) is 50.1 Å². The minimum Gasteiger partial charge on any atom is -0.381 e. The van der Waals surface area contributed by atoms with Gasteiger partial charge in [0.1, 0.15) is 16.5 Å². The molecule has 3 heterocycles. The van der Waals surface area contributed by atoms with E-state index in [0.29, 0.717) is 50.3 Å². The summed E-state index contributed by atoms with van der Waals surface area (Å²) in [5.74, 6) is 0.124. The number of nitrogens with zero attached hydrogens (tertiary/aromatic N) is 3. The summed E-state index contributed by atoms with van der Waals surface area (Å²) in [6.45, 7) is 8.18. The lowest BCUT2D eigenvalue weighted by atomic mass is 10.0. The number of benzene rings is 1. The maximum Gasteiger partial charge on any atom is 0.226 e. The van der Waals surface area contributed by atoms with Gasteiger partial charge in [0.25, 0.3) is 0 Å². The van der Waals surface area contributed by atoms with E-state index in [0.717, 1.165) is 42.2 Å². The topological polar surface area (TPSA) is 87.5 Å². The van der Waals surface area contributed by atoms with Crippen molar-refractivity contribution in [3.05, 3.63) is 47.4 Å². The Morgan fingerprint density at radius 2 is 1.89 bits per heavy atom. The quantitative estimate of drug-likeness (QED) is 0.350. The van der Waals surface area contributed by atoms with Gasteiger partial charge >= 0.3 is 0 Å². The number of rotatable bonds is 13. The Morgan fingerprint density at radius 1 is 1.19 bits per heavy atom. The van der Waals surface area contributed by atoms with Crippen LogP contribution in [0.3, 0.4) is 0 Å². The second-order valence-corrected chi connectivity index (χ2v) is 9.89. The van der Waals surface area contributed by atoms with Gasteiger partial charge in [-0.25, -0.2) is 9.37 Å². The van der Waals surface area contributed by atoms with E-state index in [9.17, 15) is 9.18 Å². The van der Waals surface area contributed by atoms with Crippen molar-refractivity contribution < 1.29 is 23.4 Å². The molecule has 1 amide bonds. The highest BCUT2D eigenvalue weighted by Gasteiger charge is 2.22. The summed E-state index contributed by atoms with van der Waals surface area (Å²) in [6.07, 6.45) is 4.11. The molecular weight excluding hydrogens is 495 g/mol. The zero-order valence-corrected chi connectivity index (χ0v) is 22.3. The molecule has 3 aromatic rings. The Hall–Kier alpha value is -2.66. The predicted octanol–water partition coefficient (Wildman–Crippen LogP) is 4.51. The number of halogens is 1. The summed E-state index contributed by atoms with van der Waals surface area (Å²) in [7, 11) is 0. The molecule has 10 heteroatoms. The molecule has 0 aliphatic carbocycles. The molecule has 37 heavy (non-hydrogen) atoms. The van der Waals surface area contributed by atoms with Crippen LogP contribution in [0, 0.1) is 11.7 Å². The van der Waals surface area contributed by atoms with Crippen LogP contribution in [0.5, 0.6) is 0 Å². The molecule has 200 valence electrons. The third kappa shape index (κ3) is 7.67. The molecule has 0 radical (unpaired) electrons. The van der Waals surface area contributed by atoms with E-state index in [1.165, 1.54) is 23.5 Å². The van der Waals surface area contributed by atoms with Crippen LogP contribution in [0.25, 0.3) is 21.8 Å². The van der Waals surface area contributed by atoms with Gasteiger partial charge in [0.15, 0.2) is 0 Å². The first kappa shape index (κ1) is 27.4. The normalized spacial score (nSPS) is 14.4. The summed E-state index contributed by atoms with van der Waals surface area (Å²) in [5, 5.41) is 10.6. The van der Waals surface area contributed by atoms with Crippen LogP contribution >= 0.6 is 11.3 Å². The molecule has 0 saturated carbocycles. The van der Waals surface area contributed by atoms with Gasteiger partial charge < -0.3 is 19.5 Å². The van der Waals surface area contributed by atoms with Gasteiger partial charge in [-0.15, -0.1) is 11.3 Å². The van der Waals surface area contributed by atoms with E-state index in [1.807, 2.05) is 30.1 Å². The maximum atomic E-state index is 13.6. The van der Waals surface area contributed by atoms with Crippen LogP contribution < -0.4 is 5.32 Å². The van der Waals surface area contributed by atoms with Gasteiger partial charge in [0.2, 0.25) is 5.91 Å². The summed E-state index contributed by atoms with van der Waals surface area (Å²) in [5.41, 5.74) is 3.02. The highest BCUT2D eigenvalue weighted by Crippen LogP contribution is 2.34. The molecule has 2 aromatic heterocycles. The van der Waals surface area contributed by atoms with Crippen LogP contribution in [-0.2, 0) is 25.4 Å². The fourth-order valence-electron chi connectivity index (χ4n) is 4.21. The summed E-state index contributed by atoms with van der Waals surface area (Å²) < 4.78 is 32.2. The van der Waals surface area contributed by atoms with E-state index in [-0.39, 0.29) is 24.2 Å². The van der Waals surface area contributed by atoms with E-state index < -0.39 is 0 Å². The zero-order valence-electron chi connectivity index (χ0n) is 21.5. The maximum absolute atomic E-state index is 13.6. The molecule has 1 fully saturated rings. The molecule has 0 bridgehead atoms. The lowest BCUT2D eigenvalue weighted by molar-refractivity contribution is -0.120. The number of carbonyl (C=O) groups excluding carboxylic acids is 1. The highest BCUT2D eigenvalue weighted by atomic mass is 32.1. The molecule has 1 N–H and O–H groups in total. The Morgan fingerprint density at radius 3 is 2.57 bits per heavy atom. The van der Waals surface area contributed by atoms with Crippen LogP contribution in [-0.4, -0.2) is 66.9 Å². The Bertz CT molecular complexity index is 1120. The first-order valence-electron chi connectivity index (χ1n) is 12.9. The van der Waals surface area contributed by atoms with Crippen LogP contribution in [0.4, 0.5) is 4.39 Å². The van der Waals surface area contributed by atoms with Crippen molar-refractivity contribution in [3.8, 4) is 21.8 Å². The summed E-state index contributed by atoms with van der Waals surface area (Å²) >= 11 is 1.47. The minimum atomic E-state index is -0.307. The van der Waals surface area contributed by atoms with E-state index >= 15 is 0 Å². The molecular formula is C27H35FN4O4S.